The van der Waals surface area contributed by atoms with E-state index in [0.29, 0.717) is 6.42 Å². The SMILES string of the molecule is O=C(O)CCCCCNc1nccc2ccc(O)cc12. The number of anilines is 1. The quantitative estimate of drug-likeness (QED) is 0.676. The van der Waals surface area contributed by atoms with Crippen LogP contribution in [0.15, 0.2) is 30.5 Å². The molecule has 0 fully saturated rings. The first kappa shape index (κ1) is 14.1. The number of carboxylic acids is 1. The van der Waals surface area contributed by atoms with Crippen LogP contribution in [0, 0.1) is 0 Å². The Balaban J connectivity index is 1.90. The number of carbonyl (C=O) groups is 1. The van der Waals surface area contributed by atoms with Gasteiger partial charge in [0, 0.05) is 24.5 Å². The molecule has 0 aliphatic rings. The Labute approximate surface area is 117 Å². The van der Waals surface area contributed by atoms with Gasteiger partial charge in [-0.3, -0.25) is 4.79 Å². The van der Waals surface area contributed by atoms with Gasteiger partial charge in [0.25, 0.3) is 0 Å². The largest absolute Gasteiger partial charge is 0.508 e. The van der Waals surface area contributed by atoms with Crippen LogP contribution in [0.3, 0.4) is 0 Å². The highest BCUT2D eigenvalue weighted by molar-refractivity contribution is 5.92. The Bertz CT molecular complexity index is 599. The van der Waals surface area contributed by atoms with Crippen molar-refractivity contribution in [3.05, 3.63) is 30.5 Å². The van der Waals surface area contributed by atoms with E-state index in [2.05, 4.69) is 10.3 Å². The number of rotatable bonds is 7. The number of fused-ring (bicyclic) bond motifs is 1. The van der Waals surface area contributed by atoms with Crippen molar-refractivity contribution in [1.29, 1.82) is 0 Å². The number of nitrogens with zero attached hydrogens (tertiary/aromatic N) is 1. The fraction of sp³-hybridized carbons (Fsp3) is 0.333. The predicted molar refractivity (Wildman–Crippen MR) is 78.0 cm³/mol. The summed E-state index contributed by atoms with van der Waals surface area (Å²) in [6, 6.07) is 7.09. The number of benzene rings is 1. The van der Waals surface area contributed by atoms with Crippen molar-refractivity contribution in [2.75, 3.05) is 11.9 Å². The Hall–Kier alpha value is -2.30. The summed E-state index contributed by atoms with van der Waals surface area (Å²) in [5, 5.41) is 23.2. The Morgan fingerprint density at radius 1 is 1.20 bits per heavy atom. The molecule has 0 atom stereocenters. The lowest BCUT2D eigenvalue weighted by atomic mass is 10.1. The fourth-order valence-corrected chi connectivity index (χ4v) is 2.08. The number of phenolic OH excluding ortho intramolecular Hbond substituents is 1. The molecule has 2 rings (SSSR count). The average molecular weight is 274 g/mol. The molecule has 1 aromatic heterocycles. The van der Waals surface area contributed by atoms with Gasteiger partial charge in [0.2, 0.25) is 0 Å². The third kappa shape index (κ3) is 3.85. The molecule has 0 aliphatic carbocycles. The van der Waals surface area contributed by atoms with E-state index in [0.717, 1.165) is 36.0 Å². The standard InChI is InChI=1S/C15H18N2O3/c18-12-6-5-11-7-9-17-15(13(11)10-12)16-8-3-1-2-4-14(19)20/h5-7,9-10,18H,1-4,8H2,(H,16,17)(H,19,20). The zero-order valence-corrected chi connectivity index (χ0v) is 11.2. The lowest BCUT2D eigenvalue weighted by Gasteiger charge is -2.08. The van der Waals surface area contributed by atoms with Crippen molar-refractivity contribution < 1.29 is 15.0 Å². The van der Waals surface area contributed by atoms with Crippen LogP contribution in [-0.2, 0) is 4.79 Å². The third-order valence-electron chi connectivity index (χ3n) is 3.11. The maximum atomic E-state index is 10.4. The molecule has 0 saturated carbocycles. The minimum Gasteiger partial charge on any atom is -0.508 e. The first-order valence-corrected chi connectivity index (χ1v) is 6.70. The molecule has 20 heavy (non-hydrogen) atoms. The molecule has 5 heteroatoms. The molecular weight excluding hydrogens is 256 g/mol. The number of carboxylic acid groups (broad SMARTS) is 1. The molecule has 0 bridgehead atoms. The van der Waals surface area contributed by atoms with Gasteiger partial charge in [0.05, 0.1) is 0 Å². The van der Waals surface area contributed by atoms with E-state index in [1.54, 1.807) is 18.3 Å². The first-order chi connectivity index (χ1) is 9.66. The number of unbranched alkanes of at least 4 members (excludes halogenated alkanes) is 2. The molecule has 1 heterocycles. The fourth-order valence-electron chi connectivity index (χ4n) is 2.08. The second-order valence-corrected chi connectivity index (χ2v) is 4.70. The maximum Gasteiger partial charge on any atom is 0.303 e. The second-order valence-electron chi connectivity index (χ2n) is 4.70. The van der Waals surface area contributed by atoms with Crippen LogP contribution in [0.1, 0.15) is 25.7 Å². The minimum atomic E-state index is -0.746. The summed E-state index contributed by atoms with van der Waals surface area (Å²) in [5.74, 6) is 0.218. The average Bonchev–Trinajstić information content (AvgIpc) is 2.42. The summed E-state index contributed by atoms with van der Waals surface area (Å²) in [4.78, 5) is 14.7. The summed E-state index contributed by atoms with van der Waals surface area (Å²) in [5.41, 5.74) is 0. The summed E-state index contributed by atoms with van der Waals surface area (Å²) in [7, 11) is 0. The monoisotopic (exact) mass is 274 g/mol. The number of hydrogen-bond acceptors (Lipinski definition) is 4. The molecule has 1 aromatic carbocycles. The highest BCUT2D eigenvalue weighted by atomic mass is 16.4. The van der Waals surface area contributed by atoms with Gasteiger partial charge < -0.3 is 15.5 Å². The van der Waals surface area contributed by atoms with Gasteiger partial charge in [-0.1, -0.05) is 12.5 Å². The molecule has 0 unspecified atom stereocenters. The minimum absolute atomic E-state index is 0.218. The van der Waals surface area contributed by atoms with Crippen LogP contribution in [0.25, 0.3) is 10.8 Å². The number of aromatic hydroxyl groups is 1. The summed E-state index contributed by atoms with van der Waals surface area (Å²) < 4.78 is 0. The van der Waals surface area contributed by atoms with E-state index in [1.165, 1.54) is 0 Å². The van der Waals surface area contributed by atoms with Crippen LogP contribution in [-0.4, -0.2) is 27.7 Å². The highest BCUT2D eigenvalue weighted by Gasteiger charge is 2.03. The van der Waals surface area contributed by atoms with Crippen LogP contribution < -0.4 is 5.32 Å². The van der Waals surface area contributed by atoms with E-state index in [4.69, 9.17) is 5.11 Å². The topological polar surface area (TPSA) is 82.5 Å². The van der Waals surface area contributed by atoms with E-state index < -0.39 is 5.97 Å². The van der Waals surface area contributed by atoms with Gasteiger partial charge in [-0.15, -0.1) is 0 Å². The van der Waals surface area contributed by atoms with Gasteiger partial charge in [-0.05, 0) is 36.4 Å². The van der Waals surface area contributed by atoms with Crippen molar-refractivity contribution in [3.8, 4) is 5.75 Å². The zero-order valence-electron chi connectivity index (χ0n) is 11.2. The molecule has 2 aromatic rings. The molecule has 106 valence electrons. The van der Waals surface area contributed by atoms with Gasteiger partial charge in [-0.2, -0.15) is 0 Å². The molecule has 0 amide bonds. The smallest absolute Gasteiger partial charge is 0.303 e. The van der Waals surface area contributed by atoms with Gasteiger partial charge >= 0.3 is 5.97 Å². The van der Waals surface area contributed by atoms with Crippen molar-refractivity contribution in [2.45, 2.75) is 25.7 Å². The van der Waals surface area contributed by atoms with Gasteiger partial charge in [-0.25, -0.2) is 4.98 Å². The number of nitrogens with one attached hydrogen (secondary N) is 1. The first-order valence-electron chi connectivity index (χ1n) is 6.70. The number of hydrogen-bond donors (Lipinski definition) is 3. The van der Waals surface area contributed by atoms with Crippen LogP contribution in [0.4, 0.5) is 5.82 Å². The summed E-state index contributed by atoms with van der Waals surface area (Å²) in [6.07, 6.45) is 4.41. The number of aromatic nitrogens is 1. The van der Waals surface area contributed by atoms with Crippen molar-refractivity contribution in [1.82, 2.24) is 4.98 Å². The van der Waals surface area contributed by atoms with Crippen molar-refractivity contribution >= 4 is 22.6 Å². The lowest BCUT2D eigenvalue weighted by molar-refractivity contribution is -0.137. The van der Waals surface area contributed by atoms with E-state index >= 15 is 0 Å². The Morgan fingerprint density at radius 3 is 2.85 bits per heavy atom. The van der Waals surface area contributed by atoms with E-state index in [-0.39, 0.29) is 12.2 Å². The van der Waals surface area contributed by atoms with Crippen molar-refractivity contribution in [2.24, 2.45) is 0 Å². The number of aliphatic carboxylic acids is 1. The van der Waals surface area contributed by atoms with Crippen molar-refractivity contribution in [3.63, 3.8) is 0 Å². The maximum absolute atomic E-state index is 10.4. The number of phenols is 1. The predicted octanol–water partition coefficient (Wildman–Crippen LogP) is 3.00. The van der Waals surface area contributed by atoms with Gasteiger partial charge in [0.15, 0.2) is 0 Å². The molecule has 3 N–H and O–H groups in total. The van der Waals surface area contributed by atoms with Crippen LogP contribution in [0.5, 0.6) is 5.75 Å². The second kappa shape index (κ2) is 6.75. The molecule has 0 radical (unpaired) electrons. The molecule has 0 spiro atoms. The lowest BCUT2D eigenvalue weighted by Crippen LogP contribution is -2.04. The normalized spacial score (nSPS) is 10.6. The number of pyridine rings is 1. The summed E-state index contributed by atoms with van der Waals surface area (Å²) in [6.45, 7) is 0.737. The zero-order chi connectivity index (χ0) is 14.4. The van der Waals surface area contributed by atoms with E-state index in [1.807, 2.05) is 12.1 Å². The van der Waals surface area contributed by atoms with Crippen LogP contribution in [0.2, 0.25) is 0 Å². The Kier molecular flexibility index (Phi) is 4.76. The highest BCUT2D eigenvalue weighted by Crippen LogP contribution is 2.25. The Morgan fingerprint density at radius 2 is 2.05 bits per heavy atom. The molecule has 0 aliphatic heterocycles. The third-order valence-corrected chi connectivity index (χ3v) is 3.11. The molecular formula is C15H18N2O3. The van der Waals surface area contributed by atoms with Gasteiger partial charge in [0.1, 0.15) is 11.6 Å². The molecule has 0 saturated heterocycles. The molecule has 5 nitrogen and oxygen atoms in total. The summed E-state index contributed by atoms with van der Waals surface area (Å²) >= 11 is 0. The van der Waals surface area contributed by atoms with E-state index in [9.17, 15) is 9.90 Å². The van der Waals surface area contributed by atoms with Crippen LogP contribution >= 0.6 is 0 Å².